The molecule has 0 aromatic heterocycles. The maximum absolute atomic E-state index is 11.4. The van der Waals surface area contributed by atoms with Crippen molar-refractivity contribution < 1.29 is 9.59 Å². The Morgan fingerprint density at radius 1 is 1.50 bits per heavy atom. The van der Waals surface area contributed by atoms with E-state index in [1.54, 1.807) is 6.92 Å². The summed E-state index contributed by atoms with van der Waals surface area (Å²) < 4.78 is 0. The van der Waals surface area contributed by atoms with Crippen molar-refractivity contribution in [2.24, 2.45) is 11.5 Å². The van der Waals surface area contributed by atoms with Crippen LogP contribution in [-0.4, -0.2) is 23.4 Å². The standard InChI is InChI=1S/C9H17N3O2/c1-6(8(10)14)12-7(13)5-9(11)3-2-4-9/h6H,2-5,11H2,1H3,(H2,10,14)(H,12,13). The van der Waals surface area contributed by atoms with Crippen LogP contribution in [0.1, 0.15) is 32.6 Å². The zero-order chi connectivity index (χ0) is 10.8. The van der Waals surface area contributed by atoms with E-state index < -0.39 is 11.9 Å². The molecule has 5 N–H and O–H groups in total. The molecule has 14 heavy (non-hydrogen) atoms. The topological polar surface area (TPSA) is 98.2 Å². The summed E-state index contributed by atoms with van der Waals surface area (Å²) >= 11 is 0. The summed E-state index contributed by atoms with van der Waals surface area (Å²) in [6.07, 6.45) is 3.12. The number of nitrogens with two attached hydrogens (primary N) is 2. The van der Waals surface area contributed by atoms with Gasteiger partial charge in [0.1, 0.15) is 6.04 Å². The molecule has 2 amide bonds. The second-order valence-electron chi connectivity index (χ2n) is 4.08. The zero-order valence-corrected chi connectivity index (χ0v) is 8.38. The Hall–Kier alpha value is -1.10. The minimum Gasteiger partial charge on any atom is -0.368 e. The van der Waals surface area contributed by atoms with Crippen molar-refractivity contribution in [2.45, 2.75) is 44.2 Å². The van der Waals surface area contributed by atoms with Crippen LogP contribution < -0.4 is 16.8 Å². The molecular formula is C9H17N3O2. The molecule has 80 valence electrons. The second-order valence-corrected chi connectivity index (χ2v) is 4.08. The lowest BCUT2D eigenvalue weighted by Crippen LogP contribution is -2.52. The van der Waals surface area contributed by atoms with Crippen LogP contribution in [0.2, 0.25) is 0 Å². The fraction of sp³-hybridized carbons (Fsp3) is 0.778. The fourth-order valence-corrected chi connectivity index (χ4v) is 1.49. The van der Waals surface area contributed by atoms with Gasteiger partial charge in [-0.15, -0.1) is 0 Å². The Morgan fingerprint density at radius 3 is 2.43 bits per heavy atom. The van der Waals surface area contributed by atoms with Crippen LogP contribution >= 0.6 is 0 Å². The highest BCUT2D eigenvalue weighted by atomic mass is 16.2. The Kier molecular flexibility index (Phi) is 3.10. The molecule has 0 aromatic rings. The van der Waals surface area contributed by atoms with E-state index in [0.717, 1.165) is 19.3 Å². The number of nitrogens with one attached hydrogen (secondary N) is 1. The number of hydrogen-bond acceptors (Lipinski definition) is 3. The van der Waals surface area contributed by atoms with Crippen LogP contribution in [0.15, 0.2) is 0 Å². The monoisotopic (exact) mass is 199 g/mol. The minimum absolute atomic E-state index is 0.196. The average molecular weight is 199 g/mol. The molecule has 0 spiro atoms. The predicted octanol–water partition coefficient (Wildman–Crippen LogP) is -0.752. The molecule has 0 aliphatic heterocycles. The van der Waals surface area contributed by atoms with E-state index >= 15 is 0 Å². The van der Waals surface area contributed by atoms with Gasteiger partial charge in [-0.05, 0) is 26.2 Å². The highest BCUT2D eigenvalue weighted by Crippen LogP contribution is 2.31. The predicted molar refractivity (Wildman–Crippen MR) is 52.2 cm³/mol. The van der Waals surface area contributed by atoms with Gasteiger partial charge in [0, 0.05) is 12.0 Å². The summed E-state index contributed by atoms with van der Waals surface area (Å²) in [7, 11) is 0. The normalized spacial score (nSPS) is 20.7. The van der Waals surface area contributed by atoms with Crippen molar-refractivity contribution in [1.82, 2.24) is 5.32 Å². The Balaban J connectivity index is 2.32. The smallest absolute Gasteiger partial charge is 0.239 e. The van der Waals surface area contributed by atoms with Crippen molar-refractivity contribution in [3.8, 4) is 0 Å². The first-order valence-electron chi connectivity index (χ1n) is 4.80. The SMILES string of the molecule is CC(NC(=O)CC1(N)CCC1)C(N)=O. The van der Waals surface area contributed by atoms with Gasteiger partial charge in [0.05, 0.1) is 0 Å². The van der Waals surface area contributed by atoms with E-state index in [4.69, 9.17) is 11.5 Å². The first-order chi connectivity index (χ1) is 6.43. The molecule has 1 aliphatic rings. The first-order valence-corrected chi connectivity index (χ1v) is 4.80. The average Bonchev–Trinajstić information content (AvgIpc) is 2.00. The maximum Gasteiger partial charge on any atom is 0.239 e. The Morgan fingerprint density at radius 2 is 2.07 bits per heavy atom. The Labute approximate surface area is 83.2 Å². The van der Waals surface area contributed by atoms with Crippen molar-refractivity contribution in [1.29, 1.82) is 0 Å². The molecule has 0 aromatic carbocycles. The van der Waals surface area contributed by atoms with E-state index in [1.165, 1.54) is 0 Å². The first kappa shape index (κ1) is 11.0. The zero-order valence-electron chi connectivity index (χ0n) is 8.38. The molecular weight excluding hydrogens is 182 g/mol. The van der Waals surface area contributed by atoms with Crippen LogP contribution in [0.25, 0.3) is 0 Å². The van der Waals surface area contributed by atoms with E-state index in [-0.39, 0.29) is 17.9 Å². The van der Waals surface area contributed by atoms with Gasteiger partial charge in [-0.3, -0.25) is 9.59 Å². The molecule has 1 atom stereocenters. The molecule has 0 radical (unpaired) electrons. The second kappa shape index (κ2) is 3.96. The van der Waals surface area contributed by atoms with Gasteiger partial charge in [0.25, 0.3) is 0 Å². The minimum atomic E-state index is -0.619. The van der Waals surface area contributed by atoms with Crippen molar-refractivity contribution in [3.05, 3.63) is 0 Å². The van der Waals surface area contributed by atoms with Crippen LogP contribution in [0.4, 0.5) is 0 Å². The van der Waals surface area contributed by atoms with Crippen molar-refractivity contribution >= 4 is 11.8 Å². The van der Waals surface area contributed by atoms with Gasteiger partial charge in [0.15, 0.2) is 0 Å². The third kappa shape index (κ3) is 2.70. The molecule has 1 saturated carbocycles. The van der Waals surface area contributed by atoms with Gasteiger partial charge >= 0.3 is 0 Å². The van der Waals surface area contributed by atoms with Gasteiger partial charge in [-0.25, -0.2) is 0 Å². The van der Waals surface area contributed by atoms with Crippen LogP contribution in [0.3, 0.4) is 0 Å². The summed E-state index contributed by atoms with van der Waals surface area (Å²) in [5.74, 6) is -0.725. The van der Waals surface area contributed by atoms with E-state index in [9.17, 15) is 9.59 Å². The Bertz CT molecular complexity index is 248. The quantitative estimate of drug-likeness (QED) is 0.555. The van der Waals surface area contributed by atoms with Crippen LogP contribution in [0.5, 0.6) is 0 Å². The van der Waals surface area contributed by atoms with Crippen molar-refractivity contribution in [2.75, 3.05) is 0 Å². The molecule has 5 heteroatoms. The number of carbonyl (C=O) groups is 2. The molecule has 0 heterocycles. The van der Waals surface area contributed by atoms with Crippen LogP contribution in [0, 0.1) is 0 Å². The number of amides is 2. The molecule has 1 unspecified atom stereocenters. The van der Waals surface area contributed by atoms with Crippen LogP contribution in [-0.2, 0) is 9.59 Å². The highest BCUT2D eigenvalue weighted by molar-refractivity contribution is 5.86. The van der Waals surface area contributed by atoms with Gasteiger partial charge < -0.3 is 16.8 Å². The fourth-order valence-electron chi connectivity index (χ4n) is 1.49. The summed E-state index contributed by atoms with van der Waals surface area (Å²) in [5, 5.41) is 2.51. The van der Waals surface area contributed by atoms with E-state index in [0.29, 0.717) is 0 Å². The summed E-state index contributed by atoms with van der Waals surface area (Å²) in [6.45, 7) is 1.56. The third-order valence-corrected chi connectivity index (χ3v) is 2.67. The lowest BCUT2D eigenvalue weighted by atomic mass is 9.75. The van der Waals surface area contributed by atoms with Gasteiger partial charge in [-0.1, -0.05) is 0 Å². The summed E-state index contributed by atoms with van der Waals surface area (Å²) in [5.41, 5.74) is 10.5. The van der Waals surface area contributed by atoms with Gasteiger partial charge in [0.2, 0.25) is 11.8 Å². The van der Waals surface area contributed by atoms with Crippen molar-refractivity contribution in [3.63, 3.8) is 0 Å². The number of primary amides is 1. The molecule has 0 saturated heterocycles. The number of hydrogen-bond donors (Lipinski definition) is 3. The number of carbonyl (C=O) groups excluding carboxylic acids is 2. The summed E-state index contributed by atoms with van der Waals surface area (Å²) in [4.78, 5) is 22.0. The lowest BCUT2D eigenvalue weighted by molar-refractivity contribution is -0.128. The molecule has 0 bridgehead atoms. The largest absolute Gasteiger partial charge is 0.368 e. The molecule has 1 fully saturated rings. The summed E-state index contributed by atoms with van der Waals surface area (Å²) in [6, 6.07) is -0.619. The molecule has 1 rings (SSSR count). The van der Waals surface area contributed by atoms with E-state index in [2.05, 4.69) is 5.32 Å². The van der Waals surface area contributed by atoms with E-state index in [1.807, 2.05) is 0 Å². The number of rotatable bonds is 4. The highest BCUT2D eigenvalue weighted by Gasteiger charge is 2.34. The third-order valence-electron chi connectivity index (χ3n) is 2.67. The lowest BCUT2D eigenvalue weighted by Gasteiger charge is -2.37. The maximum atomic E-state index is 11.4. The molecule has 1 aliphatic carbocycles. The molecule has 5 nitrogen and oxygen atoms in total. The van der Waals surface area contributed by atoms with Gasteiger partial charge in [-0.2, -0.15) is 0 Å².